The molecule has 0 aliphatic carbocycles. The summed E-state index contributed by atoms with van der Waals surface area (Å²) in [5, 5.41) is 4.80. The Morgan fingerprint density at radius 3 is 2.06 bits per heavy atom. The van der Waals surface area contributed by atoms with E-state index in [1.807, 2.05) is 36.7 Å². The van der Waals surface area contributed by atoms with Gasteiger partial charge in [-0.1, -0.05) is 84.9 Å². The lowest BCUT2D eigenvalue weighted by molar-refractivity contribution is 1.08. The van der Waals surface area contributed by atoms with Crippen LogP contribution in [-0.2, 0) is 0 Å². The topological polar surface area (TPSA) is 48.5 Å². The first kappa shape index (κ1) is 25.6. The van der Waals surface area contributed by atoms with Gasteiger partial charge in [0.15, 0.2) is 5.82 Å². The number of pyridine rings is 1. The van der Waals surface area contributed by atoms with Crippen LogP contribution in [0.5, 0.6) is 0 Å². The smallest absolute Gasteiger partial charge is 0.165 e. The molecule has 0 unspecified atom stereocenters. The van der Waals surface area contributed by atoms with Gasteiger partial charge in [-0.25, -0.2) is 9.97 Å². The Labute approximate surface area is 275 Å². The van der Waals surface area contributed by atoms with Crippen molar-refractivity contribution < 1.29 is 0 Å². The molecule has 5 nitrogen and oxygen atoms in total. The zero-order chi connectivity index (χ0) is 31.3. The molecule has 0 atom stereocenters. The van der Waals surface area contributed by atoms with Crippen LogP contribution in [0.3, 0.4) is 0 Å². The summed E-state index contributed by atoms with van der Waals surface area (Å²) >= 11 is 0. The van der Waals surface area contributed by atoms with Crippen molar-refractivity contribution in [3.05, 3.63) is 152 Å². The van der Waals surface area contributed by atoms with Gasteiger partial charge in [0.05, 0.1) is 39.3 Å². The second-order valence-electron chi connectivity index (χ2n) is 12.5. The third-order valence-electron chi connectivity index (χ3n) is 9.92. The van der Waals surface area contributed by atoms with Crippen LogP contribution in [0.1, 0.15) is 0 Å². The molecular formula is C43H25N5. The van der Waals surface area contributed by atoms with Crippen LogP contribution in [0.25, 0.3) is 99.7 Å². The van der Waals surface area contributed by atoms with Crippen LogP contribution >= 0.6 is 0 Å². The highest BCUT2D eigenvalue weighted by Crippen LogP contribution is 2.47. The molecule has 0 radical (unpaired) electrons. The highest BCUT2D eigenvalue weighted by Gasteiger charge is 2.27. The van der Waals surface area contributed by atoms with Crippen molar-refractivity contribution in [1.82, 2.24) is 24.1 Å². The van der Waals surface area contributed by atoms with Gasteiger partial charge in [0, 0.05) is 44.6 Å². The summed E-state index contributed by atoms with van der Waals surface area (Å²) < 4.78 is 4.66. The third-order valence-corrected chi connectivity index (χ3v) is 9.92. The second kappa shape index (κ2) is 9.47. The van der Waals surface area contributed by atoms with Crippen LogP contribution in [-0.4, -0.2) is 24.1 Å². The number of hydrogen-bond donors (Lipinski definition) is 0. The van der Waals surface area contributed by atoms with Crippen LogP contribution in [0.2, 0.25) is 0 Å². The Bertz CT molecular complexity index is 2950. The second-order valence-corrected chi connectivity index (χ2v) is 12.5. The maximum Gasteiger partial charge on any atom is 0.165 e. The molecule has 0 saturated heterocycles. The van der Waals surface area contributed by atoms with Gasteiger partial charge in [-0.2, -0.15) is 0 Å². The van der Waals surface area contributed by atoms with Crippen molar-refractivity contribution in [3.8, 4) is 45.0 Å². The molecule has 0 saturated carbocycles. The molecule has 0 bridgehead atoms. The highest BCUT2D eigenvalue weighted by molar-refractivity contribution is 6.18. The van der Waals surface area contributed by atoms with Gasteiger partial charge in [-0.05, 0) is 71.3 Å². The Kier molecular flexibility index (Phi) is 5.05. The zero-order valence-electron chi connectivity index (χ0n) is 25.7. The maximum atomic E-state index is 5.26. The molecule has 6 aromatic carbocycles. The van der Waals surface area contributed by atoms with Crippen LogP contribution in [0, 0.1) is 0 Å². The van der Waals surface area contributed by atoms with E-state index in [0.29, 0.717) is 0 Å². The quantitative estimate of drug-likeness (QED) is 0.195. The van der Waals surface area contributed by atoms with Gasteiger partial charge in [0.1, 0.15) is 5.69 Å². The molecule has 48 heavy (non-hydrogen) atoms. The number of benzene rings is 6. The first-order chi connectivity index (χ1) is 23.8. The third kappa shape index (κ3) is 3.42. The number of fused-ring (bicyclic) bond motifs is 12. The molecule has 0 amide bonds. The van der Waals surface area contributed by atoms with Gasteiger partial charge in [0.25, 0.3) is 0 Å². The van der Waals surface area contributed by atoms with E-state index in [9.17, 15) is 0 Å². The SMILES string of the molecule is c1ccc(-n2c3ccccc3c3ccc(-c4cc5c6c(c4)c4ccncc4n6-c4nc6ccccc6nc4-c4ccccc4-5)cc32)cc1. The largest absolute Gasteiger partial charge is 0.309 e. The van der Waals surface area contributed by atoms with Gasteiger partial charge < -0.3 is 4.57 Å². The standard InChI is InChI=1S/C43H25N5/c1-2-10-28(11-3-1)47-38-17-9-6-13-30(38)31-19-18-26(24-39(31)47)27-22-34-29-12-4-5-14-33(29)41-43(46-37-16-8-7-15-36(37)45-41)48-40-25-44-21-20-32(40)35(23-27)42(34)48/h1-25H. The van der Waals surface area contributed by atoms with E-state index in [1.165, 1.54) is 27.2 Å². The minimum atomic E-state index is 0.828. The minimum absolute atomic E-state index is 0.828. The molecule has 0 N–H and O–H groups in total. The molecule has 4 aromatic heterocycles. The van der Waals surface area contributed by atoms with E-state index in [1.54, 1.807) is 0 Å². The van der Waals surface area contributed by atoms with E-state index in [-0.39, 0.29) is 0 Å². The average Bonchev–Trinajstić information content (AvgIpc) is 3.63. The molecule has 5 heterocycles. The molecule has 222 valence electrons. The minimum Gasteiger partial charge on any atom is -0.309 e. The summed E-state index contributed by atoms with van der Waals surface area (Å²) in [4.78, 5) is 15.1. The van der Waals surface area contributed by atoms with Gasteiger partial charge in [-0.3, -0.25) is 9.55 Å². The van der Waals surface area contributed by atoms with Crippen molar-refractivity contribution in [2.75, 3.05) is 0 Å². The Morgan fingerprint density at radius 1 is 0.438 bits per heavy atom. The van der Waals surface area contributed by atoms with Crippen molar-refractivity contribution in [2.45, 2.75) is 0 Å². The fraction of sp³-hybridized carbons (Fsp3) is 0. The lowest BCUT2D eigenvalue weighted by atomic mass is 9.92. The molecule has 5 heteroatoms. The normalized spacial score (nSPS) is 12.2. The van der Waals surface area contributed by atoms with Gasteiger partial charge >= 0.3 is 0 Å². The number of para-hydroxylation sites is 4. The molecule has 11 rings (SSSR count). The average molecular weight is 612 g/mol. The van der Waals surface area contributed by atoms with E-state index in [4.69, 9.17) is 9.97 Å². The van der Waals surface area contributed by atoms with E-state index in [0.717, 1.165) is 72.5 Å². The maximum absolute atomic E-state index is 5.26. The Hall–Kier alpha value is -6.59. The summed E-state index contributed by atoms with van der Waals surface area (Å²) in [6, 6.07) is 49.8. The van der Waals surface area contributed by atoms with Crippen LogP contribution in [0.4, 0.5) is 0 Å². The zero-order valence-corrected chi connectivity index (χ0v) is 25.7. The first-order valence-electron chi connectivity index (χ1n) is 16.2. The molecule has 0 spiro atoms. The lowest BCUT2D eigenvalue weighted by Crippen LogP contribution is -2.02. The van der Waals surface area contributed by atoms with Gasteiger partial charge in [0.2, 0.25) is 0 Å². The molecule has 0 fully saturated rings. The monoisotopic (exact) mass is 611 g/mol. The van der Waals surface area contributed by atoms with Gasteiger partial charge in [-0.15, -0.1) is 0 Å². The summed E-state index contributed by atoms with van der Waals surface area (Å²) in [5.74, 6) is 0.828. The summed E-state index contributed by atoms with van der Waals surface area (Å²) in [5.41, 5.74) is 14.0. The van der Waals surface area contributed by atoms with E-state index < -0.39 is 0 Å². The fourth-order valence-corrected chi connectivity index (χ4v) is 7.84. The molecule has 1 aliphatic rings. The summed E-state index contributed by atoms with van der Waals surface area (Å²) in [6.45, 7) is 0. The van der Waals surface area contributed by atoms with Crippen molar-refractivity contribution >= 4 is 54.6 Å². The fourth-order valence-electron chi connectivity index (χ4n) is 7.84. The first-order valence-corrected chi connectivity index (χ1v) is 16.2. The molecule has 10 aromatic rings. The van der Waals surface area contributed by atoms with Crippen LogP contribution < -0.4 is 0 Å². The van der Waals surface area contributed by atoms with Crippen molar-refractivity contribution in [1.29, 1.82) is 0 Å². The van der Waals surface area contributed by atoms with E-state index in [2.05, 4.69) is 129 Å². The predicted molar refractivity (Wildman–Crippen MR) is 196 cm³/mol. The summed E-state index contributed by atoms with van der Waals surface area (Å²) in [7, 11) is 0. The highest BCUT2D eigenvalue weighted by atomic mass is 15.1. The van der Waals surface area contributed by atoms with E-state index >= 15 is 0 Å². The Morgan fingerprint density at radius 2 is 1.17 bits per heavy atom. The van der Waals surface area contributed by atoms with Crippen molar-refractivity contribution in [3.63, 3.8) is 0 Å². The van der Waals surface area contributed by atoms with Crippen molar-refractivity contribution in [2.24, 2.45) is 0 Å². The van der Waals surface area contributed by atoms with Crippen LogP contribution in [0.15, 0.2) is 152 Å². The lowest BCUT2D eigenvalue weighted by Gasteiger charge is -2.12. The number of rotatable bonds is 2. The predicted octanol–water partition coefficient (Wildman–Crippen LogP) is 10.5. The Balaban J connectivity index is 1.26. The summed E-state index contributed by atoms with van der Waals surface area (Å²) in [6.07, 6.45) is 3.84. The number of hydrogen-bond acceptors (Lipinski definition) is 3. The number of aromatic nitrogens is 5. The molecular weight excluding hydrogens is 587 g/mol. The molecule has 1 aliphatic heterocycles. The number of nitrogens with zero attached hydrogens (tertiary/aromatic N) is 5.